The van der Waals surface area contributed by atoms with Crippen LogP contribution in [0, 0.1) is 5.82 Å². The monoisotopic (exact) mass is 335 g/mol. The van der Waals surface area contributed by atoms with Crippen molar-refractivity contribution >= 4 is 23.3 Å². The maximum Gasteiger partial charge on any atom is 0.312 e. The normalized spacial score (nSPS) is 11.7. The number of halogens is 1. The molecule has 0 saturated carbocycles. The Balaban J connectivity index is 2.03. The fraction of sp³-hybridized carbons (Fsp3) is 0.250. The summed E-state index contributed by atoms with van der Waals surface area (Å²) in [6.07, 6.45) is 0.0639. The number of urea groups is 1. The number of hydrogen-bond donors (Lipinski definition) is 2. The van der Waals surface area contributed by atoms with Gasteiger partial charge >= 0.3 is 6.03 Å². The highest BCUT2D eigenvalue weighted by Crippen LogP contribution is 2.23. The predicted octanol–water partition coefficient (Wildman–Crippen LogP) is 2.65. The summed E-state index contributed by atoms with van der Waals surface area (Å²) in [5, 5.41) is 4.43. The van der Waals surface area contributed by atoms with Crippen LogP contribution in [-0.4, -0.2) is 23.9 Å². The van der Waals surface area contributed by atoms with Crippen LogP contribution in [0.4, 0.5) is 9.18 Å². The van der Waals surface area contributed by atoms with Crippen LogP contribution in [0.25, 0.3) is 0 Å². The molecule has 0 radical (unpaired) electrons. The van der Waals surface area contributed by atoms with Gasteiger partial charge in [0.1, 0.15) is 5.82 Å². The minimum Gasteiger partial charge on any atom is -0.352 e. The van der Waals surface area contributed by atoms with Gasteiger partial charge in [-0.3, -0.25) is 4.79 Å². The third-order valence-electron chi connectivity index (χ3n) is 3.37. The number of nitrogens with zero attached hydrogens (tertiary/aromatic N) is 1. The number of hydrogen-bond acceptors (Lipinski definition) is 3. The molecular formula is C16H18FN3O2S. The zero-order valence-corrected chi connectivity index (χ0v) is 13.5. The Bertz CT molecular complexity index is 676. The second-order valence-corrected chi connectivity index (χ2v) is 6.10. The first kappa shape index (κ1) is 17.0. The molecule has 1 heterocycles. The van der Waals surface area contributed by atoms with Crippen LogP contribution < -0.4 is 11.1 Å². The number of thiophene rings is 1. The number of carbonyl (C=O) groups excluding carboxylic acids is 2. The Labute approximate surface area is 137 Å². The zero-order chi connectivity index (χ0) is 16.8. The van der Waals surface area contributed by atoms with Gasteiger partial charge in [0.15, 0.2) is 0 Å². The van der Waals surface area contributed by atoms with E-state index < -0.39 is 12.1 Å². The van der Waals surface area contributed by atoms with Gasteiger partial charge in [0.25, 0.3) is 0 Å². The molecule has 1 unspecified atom stereocenters. The highest BCUT2D eigenvalue weighted by molar-refractivity contribution is 7.10. The van der Waals surface area contributed by atoms with Crippen molar-refractivity contribution in [3.05, 3.63) is 58.0 Å². The van der Waals surface area contributed by atoms with E-state index in [9.17, 15) is 14.0 Å². The van der Waals surface area contributed by atoms with Crippen LogP contribution in [0.5, 0.6) is 0 Å². The van der Waals surface area contributed by atoms with E-state index in [0.29, 0.717) is 5.56 Å². The third-order valence-corrected chi connectivity index (χ3v) is 4.36. The SMILES string of the molecule is CN(Cc1ccccc1F)C(=O)CC(NC(N)=O)c1cccs1. The summed E-state index contributed by atoms with van der Waals surface area (Å²) in [5.74, 6) is -0.558. The molecule has 2 aromatic rings. The quantitative estimate of drug-likeness (QED) is 0.851. The van der Waals surface area contributed by atoms with Gasteiger partial charge in [-0.2, -0.15) is 0 Å². The van der Waals surface area contributed by atoms with Gasteiger partial charge in [0.05, 0.1) is 12.5 Å². The molecule has 1 aromatic heterocycles. The number of nitrogens with two attached hydrogens (primary N) is 1. The Hall–Kier alpha value is -2.41. The molecule has 0 aliphatic carbocycles. The van der Waals surface area contributed by atoms with Crippen LogP contribution in [0.2, 0.25) is 0 Å². The second-order valence-electron chi connectivity index (χ2n) is 5.12. The van der Waals surface area contributed by atoms with E-state index >= 15 is 0 Å². The van der Waals surface area contributed by atoms with E-state index in [2.05, 4.69) is 5.32 Å². The smallest absolute Gasteiger partial charge is 0.312 e. The molecule has 122 valence electrons. The van der Waals surface area contributed by atoms with Gasteiger partial charge in [0, 0.05) is 24.0 Å². The maximum atomic E-state index is 13.7. The lowest BCUT2D eigenvalue weighted by Gasteiger charge is -2.21. The van der Waals surface area contributed by atoms with Crippen molar-refractivity contribution in [1.29, 1.82) is 0 Å². The van der Waals surface area contributed by atoms with Crippen molar-refractivity contribution in [2.75, 3.05) is 7.05 Å². The second kappa shape index (κ2) is 7.73. The van der Waals surface area contributed by atoms with Crippen molar-refractivity contribution in [3.63, 3.8) is 0 Å². The molecule has 0 bridgehead atoms. The predicted molar refractivity (Wildman–Crippen MR) is 87.3 cm³/mol. The minimum absolute atomic E-state index is 0.0639. The van der Waals surface area contributed by atoms with Crippen molar-refractivity contribution < 1.29 is 14.0 Å². The Kier molecular flexibility index (Phi) is 5.70. The van der Waals surface area contributed by atoms with Gasteiger partial charge in [-0.1, -0.05) is 24.3 Å². The van der Waals surface area contributed by atoms with Gasteiger partial charge in [-0.25, -0.2) is 9.18 Å². The molecule has 0 aliphatic heterocycles. The molecule has 0 fully saturated rings. The average molecular weight is 335 g/mol. The van der Waals surface area contributed by atoms with Gasteiger partial charge in [-0.05, 0) is 17.5 Å². The number of rotatable bonds is 6. The molecule has 1 aromatic carbocycles. The lowest BCUT2D eigenvalue weighted by molar-refractivity contribution is -0.130. The number of amides is 3. The first-order valence-electron chi connectivity index (χ1n) is 7.04. The highest BCUT2D eigenvalue weighted by Gasteiger charge is 2.21. The van der Waals surface area contributed by atoms with E-state index in [-0.39, 0.29) is 24.7 Å². The van der Waals surface area contributed by atoms with Crippen molar-refractivity contribution in [2.24, 2.45) is 5.73 Å². The standard InChI is InChI=1S/C16H18FN3O2S/c1-20(10-11-5-2-3-6-12(11)17)15(21)9-13(19-16(18)22)14-7-4-8-23-14/h2-8,13H,9-10H2,1H3,(H3,18,19,22). The lowest BCUT2D eigenvalue weighted by atomic mass is 10.1. The van der Waals surface area contributed by atoms with Crippen molar-refractivity contribution in [3.8, 4) is 0 Å². The fourth-order valence-electron chi connectivity index (χ4n) is 2.18. The number of primary amides is 1. The maximum absolute atomic E-state index is 13.7. The molecule has 1 atom stereocenters. The molecule has 2 rings (SSSR count). The Morgan fingerprint density at radius 3 is 2.65 bits per heavy atom. The molecule has 5 nitrogen and oxygen atoms in total. The highest BCUT2D eigenvalue weighted by atomic mass is 32.1. The third kappa shape index (κ3) is 4.79. The van der Waals surface area contributed by atoms with Crippen LogP contribution >= 0.6 is 11.3 Å². The number of nitrogens with one attached hydrogen (secondary N) is 1. The average Bonchev–Trinajstić information content (AvgIpc) is 3.02. The van der Waals surface area contributed by atoms with E-state index in [0.717, 1.165) is 4.88 Å². The molecule has 23 heavy (non-hydrogen) atoms. The molecule has 0 spiro atoms. The first-order valence-corrected chi connectivity index (χ1v) is 7.92. The molecular weight excluding hydrogens is 317 g/mol. The van der Waals surface area contributed by atoms with Gasteiger partial charge in [-0.15, -0.1) is 11.3 Å². The molecule has 3 N–H and O–H groups in total. The van der Waals surface area contributed by atoms with Gasteiger partial charge in [0.2, 0.25) is 5.91 Å². The summed E-state index contributed by atoms with van der Waals surface area (Å²) in [5.41, 5.74) is 5.62. The zero-order valence-electron chi connectivity index (χ0n) is 12.7. The lowest BCUT2D eigenvalue weighted by Crippen LogP contribution is -2.36. The topological polar surface area (TPSA) is 75.4 Å². The Morgan fingerprint density at radius 1 is 1.30 bits per heavy atom. The van der Waals surface area contributed by atoms with Crippen LogP contribution in [0.3, 0.4) is 0 Å². The van der Waals surface area contributed by atoms with E-state index in [1.807, 2.05) is 17.5 Å². The van der Waals surface area contributed by atoms with Gasteiger partial charge < -0.3 is 16.0 Å². The van der Waals surface area contributed by atoms with Crippen molar-refractivity contribution in [2.45, 2.75) is 19.0 Å². The fourth-order valence-corrected chi connectivity index (χ4v) is 2.96. The summed E-state index contributed by atoms with van der Waals surface area (Å²) in [7, 11) is 1.60. The van der Waals surface area contributed by atoms with E-state index in [4.69, 9.17) is 5.73 Å². The summed E-state index contributed by atoms with van der Waals surface area (Å²) >= 11 is 1.43. The number of carbonyl (C=O) groups is 2. The largest absolute Gasteiger partial charge is 0.352 e. The summed E-state index contributed by atoms with van der Waals surface area (Å²) in [4.78, 5) is 25.8. The number of benzene rings is 1. The van der Waals surface area contributed by atoms with Crippen LogP contribution in [0.15, 0.2) is 41.8 Å². The van der Waals surface area contributed by atoms with Crippen molar-refractivity contribution in [1.82, 2.24) is 10.2 Å². The first-order chi connectivity index (χ1) is 11.0. The van der Waals surface area contributed by atoms with Crippen LogP contribution in [-0.2, 0) is 11.3 Å². The summed E-state index contributed by atoms with van der Waals surface area (Å²) in [6.45, 7) is 0.166. The molecule has 7 heteroatoms. The van der Waals surface area contributed by atoms with E-state index in [1.54, 1.807) is 25.2 Å². The molecule has 3 amide bonds. The summed E-state index contributed by atoms with van der Waals surface area (Å²) < 4.78 is 13.7. The molecule has 0 saturated heterocycles. The Morgan fingerprint density at radius 2 is 2.04 bits per heavy atom. The van der Waals surface area contributed by atoms with Crippen LogP contribution in [0.1, 0.15) is 22.9 Å². The van der Waals surface area contributed by atoms with E-state index in [1.165, 1.54) is 22.3 Å². The minimum atomic E-state index is -0.687. The molecule has 0 aliphatic rings. The summed E-state index contributed by atoms with van der Waals surface area (Å²) in [6, 6.07) is 8.81.